The third-order valence-electron chi connectivity index (χ3n) is 5.98. The fourth-order valence-corrected chi connectivity index (χ4v) is 4.11. The van der Waals surface area contributed by atoms with E-state index in [1.807, 2.05) is 19.1 Å². The zero-order chi connectivity index (χ0) is 27.7. The molecule has 0 radical (unpaired) electrons. The van der Waals surface area contributed by atoms with Crippen LogP contribution in [-0.2, 0) is 16.1 Å². The van der Waals surface area contributed by atoms with E-state index in [4.69, 9.17) is 4.74 Å². The Kier molecular flexibility index (Phi) is 7.12. The summed E-state index contributed by atoms with van der Waals surface area (Å²) in [6, 6.07) is 7.22. The molecule has 0 spiro atoms. The summed E-state index contributed by atoms with van der Waals surface area (Å²) < 4.78 is 44.5. The molecular weight excluding hydrogens is 521 g/mol. The Bertz CT molecular complexity index is 1480. The topological polar surface area (TPSA) is 160 Å². The Hall–Kier alpha value is -4.21. The number of hydrogen-bond donors (Lipinski definition) is 4. The average Bonchev–Trinajstić information content (AvgIpc) is 3.46. The maximum atomic E-state index is 12.5. The number of aliphatic hydroxyl groups excluding tert-OH is 2. The summed E-state index contributed by atoms with van der Waals surface area (Å²) in [4.78, 5) is 34.2. The van der Waals surface area contributed by atoms with Gasteiger partial charge in [0.2, 0.25) is 0 Å². The normalized spacial score (nSPS) is 21.3. The molecule has 1 aliphatic heterocycles. The molecule has 4 aromatic rings. The minimum absolute atomic E-state index is 0.177. The minimum atomic E-state index is -4.66. The van der Waals surface area contributed by atoms with Crippen molar-refractivity contribution >= 4 is 22.9 Å². The summed E-state index contributed by atoms with van der Waals surface area (Å²) in [6.07, 6.45) is -5.16. The first-order chi connectivity index (χ1) is 18.6. The van der Waals surface area contributed by atoms with Crippen molar-refractivity contribution in [1.29, 1.82) is 0 Å². The van der Waals surface area contributed by atoms with Crippen LogP contribution in [0, 0.1) is 6.92 Å². The number of pyridine rings is 2. The van der Waals surface area contributed by atoms with Gasteiger partial charge >= 0.3 is 6.18 Å². The van der Waals surface area contributed by atoms with Crippen molar-refractivity contribution in [3.63, 3.8) is 0 Å². The van der Waals surface area contributed by atoms with Crippen LogP contribution in [0.4, 0.5) is 19.0 Å². The summed E-state index contributed by atoms with van der Waals surface area (Å²) in [5.74, 6) is -0.637. The lowest BCUT2D eigenvalue weighted by molar-refractivity contribution is -0.149. The zero-order valence-corrected chi connectivity index (χ0v) is 20.4. The number of aliphatic hydroxyl groups is 2. The van der Waals surface area contributed by atoms with E-state index in [2.05, 4.69) is 30.2 Å². The van der Waals surface area contributed by atoms with Gasteiger partial charge in [-0.25, -0.2) is 15.0 Å². The second kappa shape index (κ2) is 10.5. The number of nitrogens with one attached hydrogen (secondary N) is 2. The highest BCUT2D eigenvalue weighted by molar-refractivity contribution is 5.85. The van der Waals surface area contributed by atoms with Crippen molar-refractivity contribution in [1.82, 2.24) is 34.8 Å². The van der Waals surface area contributed by atoms with Gasteiger partial charge in [-0.15, -0.1) is 0 Å². The number of alkyl halides is 3. The summed E-state index contributed by atoms with van der Waals surface area (Å²) in [5, 5.41) is 25.9. The lowest BCUT2D eigenvalue weighted by Crippen LogP contribution is -2.45. The summed E-state index contributed by atoms with van der Waals surface area (Å²) in [6.45, 7) is 0.629. The Morgan fingerprint density at radius 3 is 2.69 bits per heavy atom. The van der Waals surface area contributed by atoms with E-state index in [1.54, 1.807) is 36.0 Å². The summed E-state index contributed by atoms with van der Waals surface area (Å²) in [7, 11) is 0. The van der Waals surface area contributed by atoms with Crippen molar-refractivity contribution < 1.29 is 32.9 Å². The quantitative estimate of drug-likeness (QED) is 0.268. The molecule has 0 saturated carbocycles. The van der Waals surface area contributed by atoms with Gasteiger partial charge in [-0.3, -0.25) is 19.3 Å². The Balaban J connectivity index is 1.49. The standard InChI is InChI=1S/C24H23F3N8O4/c1-12-4-6-29-14(7-12)9-30-20-15-21(34-19(33-20)13-3-2-5-28-8-13)35(11-32-15)23-17(37)16(36)18(39-23)22(38)31-10-24(25,26)27/h2-8,11,16-18,23,36-37H,9-10H2,1H3,(H,31,38)(H,30,33,34)/t16-,17+,18-,23+/m0/s1. The molecule has 5 rings (SSSR count). The molecule has 1 amide bonds. The van der Waals surface area contributed by atoms with Gasteiger partial charge in [0.25, 0.3) is 5.91 Å². The van der Waals surface area contributed by atoms with Crippen LogP contribution in [0.5, 0.6) is 0 Å². The average molecular weight is 544 g/mol. The predicted molar refractivity (Wildman–Crippen MR) is 130 cm³/mol. The number of halogens is 3. The number of imidazole rings is 1. The first-order valence-electron chi connectivity index (χ1n) is 11.8. The van der Waals surface area contributed by atoms with Gasteiger partial charge in [0.15, 0.2) is 35.1 Å². The molecular formula is C24H23F3N8O4. The fraction of sp³-hybridized carbons (Fsp3) is 0.333. The van der Waals surface area contributed by atoms with Crippen LogP contribution in [0.1, 0.15) is 17.5 Å². The minimum Gasteiger partial charge on any atom is -0.387 e. The van der Waals surface area contributed by atoms with Gasteiger partial charge < -0.3 is 25.6 Å². The first kappa shape index (κ1) is 26.4. The van der Waals surface area contributed by atoms with E-state index in [0.29, 0.717) is 17.9 Å². The molecule has 0 aromatic carbocycles. The van der Waals surface area contributed by atoms with E-state index in [0.717, 1.165) is 11.3 Å². The lowest BCUT2D eigenvalue weighted by atomic mass is 10.1. The molecule has 39 heavy (non-hydrogen) atoms. The lowest BCUT2D eigenvalue weighted by Gasteiger charge is -2.17. The number of ether oxygens (including phenoxy) is 1. The third-order valence-corrected chi connectivity index (χ3v) is 5.98. The summed E-state index contributed by atoms with van der Waals surface area (Å²) in [5.41, 5.74) is 2.80. The van der Waals surface area contributed by atoms with Crippen LogP contribution in [0.2, 0.25) is 0 Å². The van der Waals surface area contributed by atoms with Gasteiger partial charge in [0.1, 0.15) is 18.8 Å². The van der Waals surface area contributed by atoms with Crippen molar-refractivity contribution in [3.05, 3.63) is 60.4 Å². The van der Waals surface area contributed by atoms with Crippen LogP contribution in [0.25, 0.3) is 22.6 Å². The number of carbonyl (C=O) groups is 1. The molecule has 5 heterocycles. The maximum absolute atomic E-state index is 12.5. The molecule has 0 unspecified atom stereocenters. The Morgan fingerprint density at radius 1 is 1.15 bits per heavy atom. The number of aromatic nitrogens is 6. The fourth-order valence-electron chi connectivity index (χ4n) is 4.11. The van der Waals surface area contributed by atoms with Crippen molar-refractivity contribution in [2.75, 3.05) is 11.9 Å². The second-order valence-corrected chi connectivity index (χ2v) is 8.90. The van der Waals surface area contributed by atoms with E-state index >= 15 is 0 Å². The Morgan fingerprint density at radius 2 is 1.97 bits per heavy atom. The third kappa shape index (κ3) is 5.64. The largest absolute Gasteiger partial charge is 0.405 e. The van der Waals surface area contributed by atoms with Crippen molar-refractivity contribution in [3.8, 4) is 11.4 Å². The SMILES string of the molecule is Cc1ccnc(CNc2nc(-c3cccnc3)nc3c2ncn3[C@@H]2O[C@H](C(=O)NCC(F)(F)F)[C@@H](O)[C@H]2O)c1. The number of amides is 1. The maximum Gasteiger partial charge on any atom is 0.405 e. The summed E-state index contributed by atoms with van der Waals surface area (Å²) >= 11 is 0. The molecule has 4 N–H and O–H groups in total. The second-order valence-electron chi connectivity index (χ2n) is 8.90. The van der Waals surface area contributed by atoms with Crippen LogP contribution in [-0.4, -0.2) is 76.6 Å². The molecule has 4 atom stereocenters. The molecule has 1 fully saturated rings. The number of carbonyl (C=O) groups excluding carboxylic acids is 1. The van der Waals surface area contributed by atoms with Gasteiger partial charge in [-0.05, 0) is 36.8 Å². The molecule has 1 aliphatic rings. The number of hydrogen-bond acceptors (Lipinski definition) is 10. The molecule has 12 nitrogen and oxygen atoms in total. The van der Waals surface area contributed by atoms with Crippen LogP contribution < -0.4 is 10.6 Å². The number of nitrogens with zero attached hydrogens (tertiary/aromatic N) is 6. The van der Waals surface area contributed by atoms with Crippen molar-refractivity contribution in [2.45, 2.75) is 44.2 Å². The number of fused-ring (bicyclic) bond motifs is 1. The highest BCUT2D eigenvalue weighted by Crippen LogP contribution is 2.33. The highest BCUT2D eigenvalue weighted by atomic mass is 19.4. The smallest absolute Gasteiger partial charge is 0.387 e. The van der Waals surface area contributed by atoms with Gasteiger partial charge in [0, 0.05) is 24.2 Å². The van der Waals surface area contributed by atoms with Crippen LogP contribution in [0.15, 0.2) is 49.2 Å². The monoisotopic (exact) mass is 544 g/mol. The van der Waals surface area contributed by atoms with Gasteiger partial charge in [0.05, 0.1) is 18.6 Å². The highest BCUT2D eigenvalue weighted by Gasteiger charge is 2.48. The molecule has 0 bridgehead atoms. The first-order valence-corrected chi connectivity index (χ1v) is 11.8. The van der Waals surface area contributed by atoms with Crippen LogP contribution in [0.3, 0.4) is 0 Å². The molecule has 4 aromatic heterocycles. The molecule has 204 valence electrons. The molecule has 15 heteroatoms. The van der Waals surface area contributed by atoms with E-state index in [-0.39, 0.29) is 17.0 Å². The zero-order valence-electron chi connectivity index (χ0n) is 20.4. The van der Waals surface area contributed by atoms with Gasteiger partial charge in [-0.1, -0.05) is 0 Å². The number of rotatable bonds is 7. The van der Waals surface area contributed by atoms with Gasteiger partial charge in [-0.2, -0.15) is 13.2 Å². The van der Waals surface area contributed by atoms with E-state index < -0.39 is 43.2 Å². The van der Waals surface area contributed by atoms with E-state index in [9.17, 15) is 28.2 Å². The van der Waals surface area contributed by atoms with Crippen LogP contribution >= 0.6 is 0 Å². The van der Waals surface area contributed by atoms with E-state index in [1.165, 1.54) is 10.9 Å². The number of aryl methyl sites for hydroxylation is 1. The Labute approximate surface area is 218 Å². The molecule has 0 aliphatic carbocycles. The number of anilines is 1. The van der Waals surface area contributed by atoms with Crippen molar-refractivity contribution in [2.24, 2.45) is 0 Å². The predicted octanol–water partition coefficient (Wildman–Crippen LogP) is 1.50. The molecule has 1 saturated heterocycles.